The lowest BCUT2D eigenvalue weighted by Crippen LogP contribution is -2.39. The molecule has 29 heavy (non-hydrogen) atoms. The molecule has 0 bridgehead atoms. The van der Waals surface area contributed by atoms with Crippen LogP contribution in [0.5, 0.6) is 0 Å². The van der Waals surface area contributed by atoms with E-state index in [0.29, 0.717) is 23.0 Å². The quantitative estimate of drug-likeness (QED) is 0.685. The normalized spacial score (nSPS) is 17.2. The molecule has 1 saturated heterocycles. The number of likely N-dealkylation sites (tertiary alicyclic amines) is 1. The number of nitrogens with zero attached hydrogens (tertiary/aromatic N) is 2. The number of amides is 1. The van der Waals surface area contributed by atoms with Crippen LogP contribution in [0.1, 0.15) is 41.7 Å². The minimum atomic E-state index is -0.874. The van der Waals surface area contributed by atoms with E-state index in [4.69, 9.17) is 0 Å². The Balaban J connectivity index is 1.51. The maximum absolute atomic E-state index is 14.6. The summed E-state index contributed by atoms with van der Waals surface area (Å²) in [5.41, 5.74) is 2.44. The Bertz CT molecular complexity index is 1090. The molecule has 5 rings (SSSR count). The van der Waals surface area contributed by atoms with Crippen LogP contribution in [0.4, 0.5) is 8.78 Å². The zero-order chi connectivity index (χ0) is 20.0. The third-order valence-electron chi connectivity index (χ3n) is 5.97. The van der Waals surface area contributed by atoms with E-state index in [-0.39, 0.29) is 23.2 Å². The Morgan fingerprint density at radius 2 is 2.00 bits per heavy atom. The zero-order valence-corrected chi connectivity index (χ0v) is 16.0. The first-order valence-corrected chi connectivity index (χ1v) is 10.1. The molecule has 7 heteroatoms. The molecule has 2 aliphatic rings. The van der Waals surface area contributed by atoms with E-state index in [2.05, 4.69) is 20.4 Å². The van der Waals surface area contributed by atoms with Crippen LogP contribution in [0.15, 0.2) is 30.3 Å². The standard InChI is InChI=1S/C22H22F2N4O/c23-18-10-13(12-28-7-2-8-28)9-16(20(18)24)14-5-6-19-17(11-14)21(27-26-19)22(29)25-15-3-1-4-15/h5-6,9-11,15H,1-4,7-8,12H2,(H,25,29)(H,26,27). The van der Waals surface area contributed by atoms with Crippen molar-refractivity contribution in [2.24, 2.45) is 0 Å². The largest absolute Gasteiger partial charge is 0.348 e. The summed E-state index contributed by atoms with van der Waals surface area (Å²) >= 11 is 0. The molecule has 5 nitrogen and oxygen atoms in total. The highest BCUT2D eigenvalue weighted by atomic mass is 19.2. The molecule has 2 aromatic carbocycles. The van der Waals surface area contributed by atoms with Gasteiger partial charge in [-0.25, -0.2) is 8.78 Å². The van der Waals surface area contributed by atoms with Crippen molar-refractivity contribution in [3.63, 3.8) is 0 Å². The summed E-state index contributed by atoms with van der Waals surface area (Å²) in [7, 11) is 0. The van der Waals surface area contributed by atoms with Crippen molar-refractivity contribution < 1.29 is 13.6 Å². The molecule has 0 atom stereocenters. The fourth-order valence-corrected chi connectivity index (χ4v) is 3.91. The highest BCUT2D eigenvalue weighted by Gasteiger charge is 2.23. The minimum Gasteiger partial charge on any atom is -0.348 e. The van der Waals surface area contributed by atoms with Gasteiger partial charge in [-0.1, -0.05) is 6.07 Å². The Morgan fingerprint density at radius 3 is 2.69 bits per heavy atom. The van der Waals surface area contributed by atoms with Crippen LogP contribution >= 0.6 is 0 Å². The van der Waals surface area contributed by atoms with Crippen molar-refractivity contribution in [3.8, 4) is 11.1 Å². The number of fused-ring (bicyclic) bond motifs is 1. The van der Waals surface area contributed by atoms with Crippen LogP contribution in [0, 0.1) is 11.6 Å². The second kappa shape index (κ2) is 7.22. The van der Waals surface area contributed by atoms with Gasteiger partial charge in [-0.3, -0.25) is 14.8 Å². The molecule has 1 saturated carbocycles. The summed E-state index contributed by atoms with van der Waals surface area (Å²) in [4.78, 5) is 14.8. The Morgan fingerprint density at radius 1 is 1.17 bits per heavy atom. The highest BCUT2D eigenvalue weighted by Crippen LogP contribution is 2.30. The number of aromatic amines is 1. The van der Waals surface area contributed by atoms with Crippen LogP contribution in [0.3, 0.4) is 0 Å². The lowest BCUT2D eigenvalue weighted by atomic mass is 9.93. The minimum absolute atomic E-state index is 0.196. The number of H-pyrrole nitrogens is 1. The van der Waals surface area contributed by atoms with Crippen LogP contribution in [0.25, 0.3) is 22.0 Å². The van der Waals surface area contributed by atoms with Gasteiger partial charge in [0.05, 0.1) is 5.52 Å². The molecule has 0 unspecified atom stereocenters. The number of carbonyl (C=O) groups is 1. The van der Waals surface area contributed by atoms with Gasteiger partial charge in [-0.15, -0.1) is 0 Å². The smallest absolute Gasteiger partial charge is 0.272 e. The summed E-state index contributed by atoms with van der Waals surface area (Å²) in [5, 5.41) is 10.6. The predicted molar refractivity (Wildman–Crippen MR) is 106 cm³/mol. The molecule has 0 spiro atoms. The fraction of sp³-hybridized carbons (Fsp3) is 0.364. The topological polar surface area (TPSA) is 61.0 Å². The fourth-order valence-electron chi connectivity index (χ4n) is 3.91. The SMILES string of the molecule is O=C(NC1CCC1)c1n[nH]c2ccc(-c3cc(CN4CCC4)cc(F)c3F)cc12. The van der Waals surface area contributed by atoms with Gasteiger partial charge < -0.3 is 5.32 Å². The summed E-state index contributed by atoms with van der Waals surface area (Å²) in [6, 6.07) is 8.34. The van der Waals surface area contributed by atoms with E-state index in [1.165, 1.54) is 6.07 Å². The van der Waals surface area contributed by atoms with Crippen LogP contribution < -0.4 is 5.32 Å². The number of nitrogens with one attached hydrogen (secondary N) is 2. The molecule has 2 heterocycles. The second-order valence-electron chi connectivity index (χ2n) is 8.00. The molecule has 1 aromatic heterocycles. The molecule has 2 N–H and O–H groups in total. The van der Waals surface area contributed by atoms with Crippen molar-refractivity contribution in [2.75, 3.05) is 13.1 Å². The van der Waals surface area contributed by atoms with E-state index in [0.717, 1.165) is 44.3 Å². The average molecular weight is 396 g/mol. The van der Waals surface area contributed by atoms with E-state index in [1.807, 2.05) is 0 Å². The Kier molecular flexibility index (Phi) is 4.54. The summed E-state index contributed by atoms with van der Waals surface area (Å²) < 4.78 is 28.9. The lowest BCUT2D eigenvalue weighted by molar-refractivity contribution is 0.0913. The van der Waals surface area contributed by atoms with Crippen molar-refractivity contribution in [2.45, 2.75) is 38.3 Å². The molecule has 150 valence electrons. The van der Waals surface area contributed by atoms with Gasteiger partial charge >= 0.3 is 0 Å². The van der Waals surface area contributed by atoms with Crippen molar-refractivity contribution in [1.82, 2.24) is 20.4 Å². The number of hydrogen-bond donors (Lipinski definition) is 2. The Hall–Kier alpha value is -2.80. The number of halogens is 2. The maximum Gasteiger partial charge on any atom is 0.272 e. The monoisotopic (exact) mass is 396 g/mol. The third-order valence-corrected chi connectivity index (χ3v) is 5.97. The molecule has 1 aliphatic heterocycles. The molecule has 3 aromatic rings. The first-order valence-electron chi connectivity index (χ1n) is 10.1. The van der Waals surface area contributed by atoms with E-state index in [9.17, 15) is 13.6 Å². The molecular weight excluding hydrogens is 374 g/mol. The van der Waals surface area contributed by atoms with Gasteiger partial charge in [-0.2, -0.15) is 5.10 Å². The number of carbonyl (C=O) groups excluding carboxylic acids is 1. The van der Waals surface area contributed by atoms with Crippen molar-refractivity contribution >= 4 is 16.8 Å². The first kappa shape index (κ1) is 18.2. The van der Waals surface area contributed by atoms with Gasteiger partial charge in [-0.05, 0) is 74.2 Å². The average Bonchev–Trinajstić information content (AvgIpc) is 3.07. The van der Waals surface area contributed by atoms with Gasteiger partial charge in [0.1, 0.15) is 0 Å². The van der Waals surface area contributed by atoms with Gasteiger partial charge in [0.15, 0.2) is 17.3 Å². The maximum atomic E-state index is 14.6. The van der Waals surface area contributed by atoms with Crippen LogP contribution in [-0.4, -0.2) is 40.1 Å². The van der Waals surface area contributed by atoms with E-state index in [1.54, 1.807) is 24.3 Å². The van der Waals surface area contributed by atoms with E-state index < -0.39 is 11.6 Å². The van der Waals surface area contributed by atoms with Gasteiger partial charge in [0.2, 0.25) is 0 Å². The second-order valence-corrected chi connectivity index (χ2v) is 8.00. The van der Waals surface area contributed by atoms with Crippen LogP contribution in [-0.2, 0) is 6.54 Å². The van der Waals surface area contributed by atoms with Crippen LogP contribution in [0.2, 0.25) is 0 Å². The number of aromatic nitrogens is 2. The summed E-state index contributed by atoms with van der Waals surface area (Å²) in [5.74, 6) is -1.97. The Labute approximate surface area is 167 Å². The summed E-state index contributed by atoms with van der Waals surface area (Å²) in [6.45, 7) is 2.57. The van der Waals surface area contributed by atoms with Gasteiger partial charge in [0.25, 0.3) is 5.91 Å². The third kappa shape index (κ3) is 3.40. The molecular formula is C22H22F2N4O. The molecule has 0 radical (unpaired) electrons. The zero-order valence-electron chi connectivity index (χ0n) is 16.0. The highest BCUT2D eigenvalue weighted by molar-refractivity contribution is 6.05. The number of rotatable bonds is 5. The van der Waals surface area contributed by atoms with Crippen molar-refractivity contribution in [1.29, 1.82) is 0 Å². The molecule has 2 fully saturated rings. The number of benzene rings is 2. The molecule has 1 amide bonds. The number of hydrogen-bond acceptors (Lipinski definition) is 3. The molecule has 1 aliphatic carbocycles. The first-order chi connectivity index (χ1) is 14.1. The van der Waals surface area contributed by atoms with Gasteiger partial charge in [0, 0.05) is 23.5 Å². The van der Waals surface area contributed by atoms with Crippen molar-refractivity contribution in [3.05, 3.63) is 53.2 Å². The summed E-state index contributed by atoms with van der Waals surface area (Å²) in [6.07, 6.45) is 4.22. The predicted octanol–water partition coefficient (Wildman–Crippen LogP) is 4.00. The van der Waals surface area contributed by atoms with E-state index >= 15 is 0 Å². The lowest BCUT2D eigenvalue weighted by Gasteiger charge is -2.30.